The van der Waals surface area contributed by atoms with Crippen LogP contribution in [-0.4, -0.2) is 35.2 Å². The first kappa shape index (κ1) is 11.6. The van der Waals surface area contributed by atoms with E-state index in [9.17, 15) is 4.79 Å². The smallest absolute Gasteiger partial charge is 0.328 e. The molecule has 1 aliphatic rings. The molecule has 0 aromatic rings. The molecule has 3 nitrogen and oxygen atoms in total. The molecular formula is C10H17NO2S. The van der Waals surface area contributed by atoms with E-state index in [-0.39, 0.29) is 0 Å². The minimum atomic E-state index is -0.862. The lowest BCUT2D eigenvalue weighted by atomic mass is 10.2. The molecule has 0 aromatic heterocycles. The summed E-state index contributed by atoms with van der Waals surface area (Å²) in [6.45, 7) is 3.52. The number of hydrogen-bond donors (Lipinski definition) is 2. The molecule has 80 valence electrons. The molecule has 0 bridgehead atoms. The highest BCUT2D eigenvalue weighted by Gasteiger charge is 2.14. The van der Waals surface area contributed by atoms with Crippen LogP contribution in [0.1, 0.15) is 19.8 Å². The Kier molecular flexibility index (Phi) is 5.04. The summed E-state index contributed by atoms with van der Waals surface area (Å²) in [4.78, 5) is 10.3. The summed E-state index contributed by atoms with van der Waals surface area (Å²) in [7, 11) is 0. The number of carboxylic acid groups (broad SMARTS) is 1. The van der Waals surface area contributed by atoms with E-state index in [0.29, 0.717) is 6.54 Å². The average Bonchev–Trinajstić information content (AvgIpc) is 2.55. The lowest BCUT2D eigenvalue weighted by Crippen LogP contribution is -2.24. The molecule has 14 heavy (non-hydrogen) atoms. The molecule has 1 saturated heterocycles. The van der Waals surface area contributed by atoms with Gasteiger partial charge < -0.3 is 10.4 Å². The average molecular weight is 215 g/mol. The van der Waals surface area contributed by atoms with Gasteiger partial charge in [-0.25, -0.2) is 4.79 Å². The molecule has 0 saturated carbocycles. The van der Waals surface area contributed by atoms with Crippen LogP contribution in [0.4, 0.5) is 0 Å². The number of aliphatic carboxylic acids is 1. The van der Waals surface area contributed by atoms with Gasteiger partial charge in [0.1, 0.15) is 0 Å². The van der Waals surface area contributed by atoms with E-state index in [1.807, 2.05) is 18.7 Å². The van der Waals surface area contributed by atoms with Gasteiger partial charge in [0.05, 0.1) is 0 Å². The van der Waals surface area contributed by atoms with Gasteiger partial charge in [0, 0.05) is 24.4 Å². The van der Waals surface area contributed by atoms with Crippen molar-refractivity contribution >= 4 is 17.7 Å². The van der Waals surface area contributed by atoms with E-state index >= 15 is 0 Å². The predicted molar refractivity (Wildman–Crippen MR) is 59.7 cm³/mol. The molecule has 1 fully saturated rings. The van der Waals surface area contributed by atoms with Crippen LogP contribution >= 0.6 is 11.8 Å². The van der Waals surface area contributed by atoms with Gasteiger partial charge in [-0.2, -0.15) is 11.8 Å². The van der Waals surface area contributed by atoms with E-state index in [1.165, 1.54) is 24.7 Å². The van der Waals surface area contributed by atoms with E-state index in [1.54, 1.807) is 0 Å². The Balaban J connectivity index is 2.11. The van der Waals surface area contributed by atoms with Gasteiger partial charge in [-0.15, -0.1) is 0 Å². The fourth-order valence-electron chi connectivity index (χ4n) is 1.50. The monoisotopic (exact) mass is 215 g/mol. The molecule has 1 rings (SSSR count). The number of carboxylic acids is 1. The van der Waals surface area contributed by atoms with Gasteiger partial charge in [0.2, 0.25) is 0 Å². The molecule has 0 aliphatic carbocycles. The van der Waals surface area contributed by atoms with Crippen LogP contribution in [0.15, 0.2) is 11.6 Å². The summed E-state index contributed by atoms with van der Waals surface area (Å²) in [5, 5.41) is 12.5. The van der Waals surface area contributed by atoms with Crippen molar-refractivity contribution in [3.63, 3.8) is 0 Å². The highest BCUT2D eigenvalue weighted by molar-refractivity contribution is 8.00. The summed E-state index contributed by atoms with van der Waals surface area (Å²) in [5.41, 5.74) is 0.875. The number of thioether (sulfide) groups is 1. The van der Waals surface area contributed by atoms with Crippen molar-refractivity contribution in [1.29, 1.82) is 0 Å². The second-order valence-electron chi connectivity index (χ2n) is 3.59. The van der Waals surface area contributed by atoms with Crippen molar-refractivity contribution in [2.45, 2.75) is 25.0 Å². The Morgan fingerprint density at radius 1 is 1.71 bits per heavy atom. The molecule has 4 heteroatoms. The third-order valence-corrected chi connectivity index (χ3v) is 3.57. The third kappa shape index (κ3) is 4.67. The maximum atomic E-state index is 10.3. The van der Waals surface area contributed by atoms with Crippen molar-refractivity contribution in [2.24, 2.45) is 0 Å². The molecule has 1 heterocycles. The van der Waals surface area contributed by atoms with E-state index in [2.05, 4.69) is 5.32 Å². The number of hydrogen-bond acceptors (Lipinski definition) is 3. The maximum absolute atomic E-state index is 10.3. The lowest BCUT2D eigenvalue weighted by Gasteiger charge is -2.09. The second-order valence-corrected chi connectivity index (χ2v) is 5.00. The van der Waals surface area contributed by atoms with Crippen molar-refractivity contribution in [1.82, 2.24) is 5.32 Å². The zero-order valence-corrected chi connectivity index (χ0v) is 9.27. The highest BCUT2D eigenvalue weighted by Crippen LogP contribution is 2.25. The minimum Gasteiger partial charge on any atom is -0.478 e. The van der Waals surface area contributed by atoms with E-state index < -0.39 is 5.97 Å². The third-order valence-electron chi connectivity index (χ3n) is 2.17. The normalized spacial score (nSPS) is 22.6. The first-order valence-electron chi connectivity index (χ1n) is 4.91. The molecule has 0 aromatic carbocycles. The summed E-state index contributed by atoms with van der Waals surface area (Å²) in [6.07, 6.45) is 3.87. The van der Waals surface area contributed by atoms with Crippen LogP contribution in [0.2, 0.25) is 0 Å². The second kappa shape index (κ2) is 6.09. The fourth-order valence-corrected chi connectivity index (χ4v) is 2.73. The van der Waals surface area contributed by atoms with Gasteiger partial charge >= 0.3 is 5.97 Å². The Morgan fingerprint density at radius 3 is 3.07 bits per heavy atom. The standard InChI is InChI=1S/C10H17NO2S/c1-8(5-10(12)13)6-11-7-9-3-2-4-14-9/h5,9,11H,2-4,6-7H2,1H3,(H,12,13). The number of carbonyl (C=O) groups is 1. The quantitative estimate of drug-likeness (QED) is 0.682. The molecular weight excluding hydrogens is 198 g/mol. The van der Waals surface area contributed by atoms with Crippen molar-refractivity contribution in [3.05, 3.63) is 11.6 Å². The summed E-state index contributed by atoms with van der Waals surface area (Å²) < 4.78 is 0. The molecule has 1 atom stereocenters. The van der Waals surface area contributed by atoms with E-state index in [4.69, 9.17) is 5.11 Å². The van der Waals surface area contributed by atoms with Crippen LogP contribution in [-0.2, 0) is 4.79 Å². The van der Waals surface area contributed by atoms with Gasteiger partial charge in [0.25, 0.3) is 0 Å². The molecule has 0 spiro atoms. The summed E-state index contributed by atoms with van der Waals surface area (Å²) in [5.74, 6) is 0.413. The van der Waals surface area contributed by atoms with Crippen LogP contribution in [0.25, 0.3) is 0 Å². The van der Waals surface area contributed by atoms with Crippen molar-refractivity contribution in [3.8, 4) is 0 Å². The predicted octanol–water partition coefficient (Wildman–Crippen LogP) is 1.50. The van der Waals surface area contributed by atoms with Crippen molar-refractivity contribution < 1.29 is 9.90 Å². The minimum absolute atomic E-state index is 0.684. The number of rotatable bonds is 5. The molecule has 1 aliphatic heterocycles. The molecule has 0 radical (unpaired) electrons. The Labute approximate surface area is 89.0 Å². The van der Waals surface area contributed by atoms with Gasteiger partial charge in [-0.1, -0.05) is 5.57 Å². The van der Waals surface area contributed by atoms with Crippen molar-refractivity contribution in [2.75, 3.05) is 18.8 Å². The Hall–Kier alpha value is -0.480. The van der Waals surface area contributed by atoms with Crippen LogP contribution < -0.4 is 5.32 Å². The van der Waals surface area contributed by atoms with Gasteiger partial charge in [-0.3, -0.25) is 0 Å². The highest BCUT2D eigenvalue weighted by atomic mass is 32.2. The lowest BCUT2D eigenvalue weighted by molar-refractivity contribution is -0.131. The zero-order chi connectivity index (χ0) is 10.4. The maximum Gasteiger partial charge on any atom is 0.328 e. The topological polar surface area (TPSA) is 49.3 Å². The first-order valence-corrected chi connectivity index (χ1v) is 5.96. The summed E-state index contributed by atoms with van der Waals surface area (Å²) >= 11 is 2.01. The van der Waals surface area contributed by atoms with E-state index in [0.717, 1.165) is 17.4 Å². The van der Waals surface area contributed by atoms with Crippen LogP contribution in [0, 0.1) is 0 Å². The number of nitrogens with one attached hydrogen (secondary N) is 1. The zero-order valence-electron chi connectivity index (χ0n) is 8.45. The van der Waals surface area contributed by atoms with Gasteiger partial charge in [-0.05, 0) is 25.5 Å². The summed E-state index contributed by atoms with van der Waals surface area (Å²) in [6, 6.07) is 0. The molecule has 0 amide bonds. The fraction of sp³-hybridized carbons (Fsp3) is 0.700. The Bertz CT molecular complexity index is 222. The largest absolute Gasteiger partial charge is 0.478 e. The Morgan fingerprint density at radius 2 is 2.50 bits per heavy atom. The first-order chi connectivity index (χ1) is 6.68. The SMILES string of the molecule is CC(=CC(=O)O)CNCC1CCCS1. The molecule has 2 N–H and O–H groups in total. The molecule has 1 unspecified atom stereocenters. The van der Waals surface area contributed by atoms with Gasteiger partial charge in [0.15, 0.2) is 0 Å². The van der Waals surface area contributed by atoms with Crippen LogP contribution in [0.5, 0.6) is 0 Å². The van der Waals surface area contributed by atoms with Crippen LogP contribution in [0.3, 0.4) is 0 Å².